The number of benzene rings is 1. The molecule has 0 N–H and O–H groups in total. The first-order valence-electron chi connectivity index (χ1n) is 4.37. The van der Waals surface area contributed by atoms with Crippen LogP contribution in [0.5, 0.6) is 0 Å². The van der Waals surface area contributed by atoms with E-state index in [-0.39, 0.29) is 10.9 Å². The van der Waals surface area contributed by atoms with Gasteiger partial charge in [-0.25, -0.2) is 0 Å². The minimum Gasteiger partial charge on any atom is -0.303 e. The molecule has 1 nitrogen and oxygen atoms in total. The molecule has 1 aliphatic rings. The van der Waals surface area contributed by atoms with Gasteiger partial charge in [-0.3, -0.25) is 0 Å². The van der Waals surface area contributed by atoms with E-state index in [2.05, 4.69) is 0 Å². The second-order valence-corrected chi connectivity index (χ2v) is 6.25. The molecule has 0 aromatic heterocycles. The Kier molecular flexibility index (Phi) is 3.37. The molecule has 0 radical (unpaired) electrons. The average Bonchev–Trinajstić information content (AvgIpc) is 2.76. The SMILES string of the molecule is O=C[C@@H]1[C@@H](c2cc(Cl)c(Cl)c(Cl)c2)C1(Cl)Cl. The second-order valence-electron chi connectivity index (χ2n) is 3.61. The average molecular weight is 318 g/mol. The van der Waals surface area contributed by atoms with Gasteiger partial charge in [0, 0.05) is 5.92 Å². The van der Waals surface area contributed by atoms with Gasteiger partial charge in [0.15, 0.2) is 0 Å². The summed E-state index contributed by atoms with van der Waals surface area (Å²) in [6, 6.07) is 3.26. The molecule has 16 heavy (non-hydrogen) atoms. The van der Waals surface area contributed by atoms with Gasteiger partial charge in [0.1, 0.15) is 10.6 Å². The van der Waals surface area contributed by atoms with E-state index in [1.54, 1.807) is 12.1 Å². The molecule has 0 bridgehead atoms. The van der Waals surface area contributed by atoms with Crippen LogP contribution in [-0.2, 0) is 4.79 Å². The maximum absolute atomic E-state index is 10.7. The number of halogens is 5. The van der Waals surface area contributed by atoms with Crippen molar-refractivity contribution in [1.29, 1.82) is 0 Å². The largest absolute Gasteiger partial charge is 0.303 e. The van der Waals surface area contributed by atoms with Crippen molar-refractivity contribution in [3.8, 4) is 0 Å². The van der Waals surface area contributed by atoms with E-state index >= 15 is 0 Å². The van der Waals surface area contributed by atoms with Gasteiger partial charge >= 0.3 is 0 Å². The van der Waals surface area contributed by atoms with E-state index in [0.717, 1.165) is 11.8 Å². The summed E-state index contributed by atoms with van der Waals surface area (Å²) in [5.41, 5.74) is 0.724. The van der Waals surface area contributed by atoms with Crippen molar-refractivity contribution in [2.45, 2.75) is 10.3 Å². The molecule has 0 heterocycles. The molecule has 0 amide bonds. The summed E-state index contributed by atoms with van der Waals surface area (Å²) < 4.78 is -1.07. The van der Waals surface area contributed by atoms with Crippen molar-refractivity contribution >= 4 is 64.3 Å². The van der Waals surface area contributed by atoms with Crippen LogP contribution in [0.1, 0.15) is 11.5 Å². The predicted molar refractivity (Wildman–Crippen MR) is 68.2 cm³/mol. The molecule has 86 valence electrons. The maximum atomic E-state index is 10.7. The fourth-order valence-electron chi connectivity index (χ4n) is 1.70. The summed E-state index contributed by atoms with van der Waals surface area (Å²) in [6.07, 6.45) is 0.737. The lowest BCUT2D eigenvalue weighted by molar-refractivity contribution is -0.108. The van der Waals surface area contributed by atoms with Gasteiger partial charge in [-0.15, -0.1) is 23.2 Å². The summed E-state index contributed by atoms with van der Waals surface area (Å²) in [5.74, 6) is -0.704. The fraction of sp³-hybridized carbons (Fsp3) is 0.300. The van der Waals surface area contributed by atoms with Gasteiger partial charge in [-0.05, 0) is 17.7 Å². The standard InChI is InChI=1S/C10H5Cl5O/c11-6-1-4(2-7(12)9(6)13)8-5(3-16)10(8,14)15/h1-3,5,8H/t5-,8-/m1/s1. The molecule has 1 saturated carbocycles. The van der Waals surface area contributed by atoms with E-state index < -0.39 is 10.3 Å². The third-order valence-electron chi connectivity index (χ3n) is 2.62. The summed E-state index contributed by atoms with van der Waals surface area (Å²) in [6.45, 7) is 0. The van der Waals surface area contributed by atoms with E-state index in [9.17, 15) is 4.79 Å². The molecule has 6 heteroatoms. The fourth-order valence-corrected chi connectivity index (χ4v) is 3.07. The van der Waals surface area contributed by atoms with Crippen molar-refractivity contribution in [1.82, 2.24) is 0 Å². The number of aldehydes is 1. The van der Waals surface area contributed by atoms with Gasteiger partial charge in [0.2, 0.25) is 0 Å². The first-order valence-corrected chi connectivity index (χ1v) is 6.26. The number of alkyl halides is 2. The number of rotatable bonds is 2. The molecule has 0 spiro atoms. The Morgan fingerprint density at radius 3 is 2.00 bits per heavy atom. The summed E-state index contributed by atoms with van der Waals surface area (Å²) >= 11 is 29.5. The number of hydrogen-bond donors (Lipinski definition) is 0. The van der Waals surface area contributed by atoms with Crippen molar-refractivity contribution in [3.63, 3.8) is 0 Å². The summed E-state index contributed by atoms with van der Waals surface area (Å²) in [5, 5.41) is 0.930. The van der Waals surface area contributed by atoms with Crippen LogP contribution in [0, 0.1) is 5.92 Å². The van der Waals surface area contributed by atoms with E-state index in [1.165, 1.54) is 0 Å². The van der Waals surface area contributed by atoms with Crippen molar-refractivity contribution < 1.29 is 4.79 Å². The van der Waals surface area contributed by atoms with Crippen LogP contribution in [0.4, 0.5) is 0 Å². The number of carbonyl (C=O) groups excluding carboxylic acids is 1. The third kappa shape index (κ3) is 1.93. The van der Waals surface area contributed by atoms with Crippen molar-refractivity contribution in [2.24, 2.45) is 5.92 Å². The van der Waals surface area contributed by atoms with E-state index in [4.69, 9.17) is 58.0 Å². The first kappa shape index (κ1) is 12.8. The molecule has 1 aliphatic carbocycles. The van der Waals surface area contributed by atoms with Crippen LogP contribution in [-0.4, -0.2) is 10.6 Å². The highest BCUT2D eigenvalue weighted by Gasteiger charge is 2.64. The molecular formula is C10H5Cl5O. The molecule has 0 saturated heterocycles. The van der Waals surface area contributed by atoms with Gasteiger partial charge in [0.25, 0.3) is 0 Å². The zero-order chi connectivity index (χ0) is 12.1. The molecule has 1 fully saturated rings. The Balaban J connectivity index is 2.41. The Labute approximate surface area is 118 Å². The van der Waals surface area contributed by atoms with Gasteiger partial charge < -0.3 is 4.79 Å². The van der Waals surface area contributed by atoms with Crippen LogP contribution in [0.15, 0.2) is 12.1 Å². The minimum atomic E-state index is -1.07. The molecule has 2 atom stereocenters. The Morgan fingerprint density at radius 1 is 1.12 bits per heavy atom. The first-order chi connectivity index (χ1) is 7.39. The highest BCUT2D eigenvalue weighted by molar-refractivity contribution is 6.53. The quantitative estimate of drug-likeness (QED) is 0.437. The lowest BCUT2D eigenvalue weighted by Gasteiger charge is -2.04. The maximum Gasteiger partial charge on any atom is 0.136 e. The zero-order valence-electron chi connectivity index (χ0n) is 7.68. The molecular weight excluding hydrogens is 313 g/mol. The molecule has 2 rings (SSSR count). The monoisotopic (exact) mass is 316 g/mol. The normalized spacial score (nSPS) is 26.6. The van der Waals surface area contributed by atoms with Gasteiger partial charge in [-0.2, -0.15) is 0 Å². The molecule has 1 aromatic carbocycles. The lowest BCUT2D eigenvalue weighted by atomic mass is 10.1. The topological polar surface area (TPSA) is 17.1 Å². The highest BCUT2D eigenvalue weighted by Crippen LogP contribution is 2.64. The smallest absolute Gasteiger partial charge is 0.136 e. The van der Waals surface area contributed by atoms with Crippen LogP contribution >= 0.6 is 58.0 Å². The van der Waals surface area contributed by atoms with Crippen LogP contribution < -0.4 is 0 Å². The van der Waals surface area contributed by atoms with E-state index in [0.29, 0.717) is 10.0 Å². The van der Waals surface area contributed by atoms with Crippen LogP contribution in [0.3, 0.4) is 0 Å². The zero-order valence-corrected chi connectivity index (χ0v) is 11.5. The third-order valence-corrected chi connectivity index (χ3v) is 4.79. The predicted octanol–water partition coefficient (Wildman–Crippen LogP) is 4.73. The van der Waals surface area contributed by atoms with Crippen molar-refractivity contribution in [3.05, 3.63) is 32.8 Å². The Morgan fingerprint density at radius 2 is 1.62 bits per heavy atom. The van der Waals surface area contributed by atoms with Crippen LogP contribution in [0.25, 0.3) is 0 Å². The molecule has 0 unspecified atom stereocenters. The van der Waals surface area contributed by atoms with Crippen LogP contribution in [0.2, 0.25) is 15.1 Å². The van der Waals surface area contributed by atoms with Gasteiger partial charge in [-0.1, -0.05) is 34.8 Å². The Bertz CT molecular complexity index is 434. The number of carbonyl (C=O) groups is 1. The molecule has 1 aromatic rings. The number of hydrogen-bond acceptors (Lipinski definition) is 1. The minimum absolute atomic E-state index is 0.277. The second kappa shape index (κ2) is 4.22. The van der Waals surface area contributed by atoms with E-state index in [1.807, 2.05) is 0 Å². The van der Waals surface area contributed by atoms with Crippen molar-refractivity contribution in [2.75, 3.05) is 0 Å². The molecule has 0 aliphatic heterocycles. The van der Waals surface area contributed by atoms with Gasteiger partial charge in [0.05, 0.1) is 21.0 Å². The Hall–Kier alpha value is 0.340. The summed E-state index contributed by atoms with van der Waals surface area (Å²) in [7, 11) is 0. The highest BCUT2D eigenvalue weighted by atomic mass is 35.5. The lowest BCUT2D eigenvalue weighted by Crippen LogP contribution is -1.91. The summed E-state index contributed by atoms with van der Waals surface area (Å²) in [4.78, 5) is 10.7.